The number of aryl methyl sites for hydroxylation is 1. The maximum Gasteiger partial charge on any atom is 0.411 e. The Morgan fingerprint density at radius 2 is 1.15 bits per heavy atom. The second-order valence-corrected chi connectivity index (χ2v) is 15.0. The van der Waals surface area contributed by atoms with Crippen LogP contribution in [0.4, 0.5) is 9.59 Å². The summed E-state index contributed by atoms with van der Waals surface area (Å²) in [4.78, 5) is 84.1. The Bertz CT molecular complexity index is 1870. The molecule has 2 aromatic carbocycles. The summed E-state index contributed by atoms with van der Waals surface area (Å²) in [5, 5.41) is 0. The second kappa shape index (κ2) is 15.1. The van der Waals surface area contributed by atoms with Gasteiger partial charge < -0.3 is 23.5 Å². The number of aromatic nitrogens is 2. The van der Waals surface area contributed by atoms with E-state index in [1.54, 1.807) is 84.0 Å². The molecule has 2 saturated heterocycles. The standard InChI is InChI=1S/C38H46N4O10/c1-37(2,3)51-35(47)41-18-8-10-28(41)33(45)49-21-30(43)23-12-14-24(15-13-23)32-39-26-20-25(16-17-27(26)40(32)7)31(44)22-50-34(46)29-11-9-19-42(29)36(48)52-38(4,5)6/h12-17,20,28-29H,8-11,18-19,21-22H2,1-7H3/t28-,29-/m0/s1. The lowest BCUT2D eigenvalue weighted by Gasteiger charge is -2.27. The molecule has 0 bridgehead atoms. The second-order valence-electron chi connectivity index (χ2n) is 15.0. The number of benzene rings is 2. The summed E-state index contributed by atoms with van der Waals surface area (Å²) >= 11 is 0. The van der Waals surface area contributed by atoms with Crippen LogP contribution in [0.3, 0.4) is 0 Å². The molecule has 0 N–H and O–H groups in total. The van der Waals surface area contributed by atoms with Gasteiger partial charge in [0.05, 0.1) is 11.0 Å². The highest BCUT2D eigenvalue weighted by molar-refractivity contribution is 6.01. The summed E-state index contributed by atoms with van der Waals surface area (Å²) in [7, 11) is 1.83. The summed E-state index contributed by atoms with van der Waals surface area (Å²) < 4.78 is 23.3. The fourth-order valence-corrected chi connectivity index (χ4v) is 6.17. The predicted octanol–water partition coefficient (Wildman–Crippen LogP) is 5.49. The maximum atomic E-state index is 13.0. The zero-order valence-corrected chi connectivity index (χ0v) is 30.7. The van der Waals surface area contributed by atoms with Crippen LogP contribution in [0.15, 0.2) is 42.5 Å². The molecule has 278 valence electrons. The average molecular weight is 719 g/mol. The average Bonchev–Trinajstić information content (AvgIpc) is 3.84. The maximum absolute atomic E-state index is 13.0. The summed E-state index contributed by atoms with van der Waals surface area (Å²) in [5.74, 6) is -1.54. The van der Waals surface area contributed by atoms with Crippen molar-refractivity contribution in [2.45, 2.75) is 90.5 Å². The number of carbonyl (C=O) groups excluding carboxylic acids is 6. The van der Waals surface area contributed by atoms with Gasteiger partial charge in [-0.05, 0) is 85.4 Å². The molecule has 0 aliphatic carbocycles. The van der Waals surface area contributed by atoms with E-state index in [2.05, 4.69) is 0 Å². The van der Waals surface area contributed by atoms with E-state index >= 15 is 0 Å². The van der Waals surface area contributed by atoms with E-state index in [1.165, 1.54) is 9.80 Å². The molecule has 0 spiro atoms. The number of ether oxygens (including phenoxy) is 4. The molecular weight excluding hydrogens is 672 g/mol. The third-order valence-corrected chi connectivity index (χ3v) is 8.66. The minimum Gasteiger partial charge on any atom is -0.456 e. The van der Waals surface area contributed by atoms with E-state index in [1.807, 2.05) is 11.6 Å². The van der Waals surface area contributed by atoms with E-state index in [4.69, 9.17) is 23.9 Å². The van der Waals surface area contributed by atoms with Crippen LogP contribution in [0, 0.1) is 0 Å². The smallest absolute Gasteiger partial charge is 0.411 e. The van der Waals surface area contributed by atoms with Crippen molar-refractivity contribution >= 4 is 46.7 Å². The Hall–Kier alpha value is -5.27. The number of ketones is 2. The fraction of sp³-hybridized carbons (Fsp3) is 0.500. The molecule has 2 amide bonds. The van der Waals surface area contributed by atoms with Gasteiger partial charge >= 0.3 is 24.1 Å². The fourth-order valence-electron chi connectivity index (χ4n) is 6.17. The van der Waals surface area contributed by atoms with E-state index in [0.29, 0.717) is 66.8 Å². The van der Waals surface area contributed by atoms with Crippen molar-refractivity contribution in [1.82, 2.24) is 19.4 Å². The van der Waals surface area contributed by atoms with Crippen LogP contribution >= 0.6 is 0 Å². The van der Waals surface area contributed by atoms with Crippen LogP contribution in [0.1, 0.15) is 87.9 Å². The van der Waals surface area contributed by atoms with Crippen molar-refractivity contribution in [3.8, 4) is 11.4 Å². The van der Waals surface area contributed by atoms with E-state index in [-0.39, 0.29) is 0 Å². The molecule has 5 rings (SSSR count). The molecule has 1 aromatic heterocycles. The van der Waals surface area contributed by atoms with Crippen LogP contribution in [0.2, 0.25) is 0 Å². The topological polar surface area (TPSA) is 164 Å². The molecule has 3 aromatic rings. The minimum absolute atomic E-state index is 0.308. The predicted molar refractivity (Wildman–Crippen MR) is 189 cm³/mol. The highest BCUT2D eigenvalue weighted by atomic mass is 16.6. The number of amides is 2. The van der Waals surface area contributed by atoms with Crippen molar-refractivity contribution in [3.05, 3.63) is 53.6 Å². The Kier molecular flexibility index (Phi) is 11.1. The first-order valence-electron chi connectivity index (χ1n) is 17.4. The molecule has 52 heavy (non-hydrogen) atoms. The van der Waals surface area contributed by atoms with Gasteiger partial charge in [0.25, 0.3) is 0 Å². The lowest BCUT2D eigenvalue weighted by Crippen LogP contribution is -2.44. The Morgan fingerprint density at radius 1 is 0.692 bits per heavy atom. The van der Waals surface area contributed by atoms with E-state index in [0.717, 1.165) is 5.52 Å². The highest BCUT2D eigenvalue weighted by Crippen LogP contribution is 2.27. The third kappa shape index (κ3) is 8.96. The van der Waals surface area contributed by atoms with E-state index < -0.39 is 72.2 Å². The number of hydrogen-bond acceptors (Lipinski definition) is 11. The van der Waals surface area contributed by atoms with Gasteiger partial charge in [-0.2, -0.15) is 0 Å². The molecule has 14 nitrogen and oxygen atoms in total. The Balaban J connectivity index is 1.17. The van der Waals surface area contributed by atoms with Gasteiger partial charge in [0, 0.05) is 36.8 Å². The number of likely N-dealkylation sites (tertiary alicyclic amines) is 2. The summed E-state index contributed by atoms with van der Waals surface area (Å²) in [5.41, 5.74) is 1.23. The van der Waals surface area contributed by atoms with Gasteiger partial charge in [-0.15, -0.1) is 0 Å². The van der Waals surface area contributed by atoms with Crippen molar-refractivity contribution in [2.24, 2.45) is 7.05 Å². The molecule has 2 aliphatic rings. The molecule has 2 fully saturated rings. The Morgan fingerprint density at radius 3 is 1.63 bits per heavy atom. The van der Waals surface area contributed by atoms with Gasteiger partial charge in [-0.3, -0.25) is 19.4 Å². The minimum atomic E-state index is -0.811. The zero-order valence-electron chi connectivity index (χ0n) is 30.7. The zero-order chi connectivity index (χ0) is 38.0. The molecule has 0 radical (unpaired) electrons. The number of fused-ring (bicyclic) bond motifs is 1. The number of hydrogen-bond donors (Lipinski definition) is 0. The normalized spacial score (nSPS) is 17.6. The summed E-state index contributed by atoms with van der Waals surface area (Å²) in [6, 6.07) is 10.1. The number of carbonyl (C=O) groups is 6. The first-order chi connectivity index (χ1) is 24.4. The summed E-state index contributed by atoms with van der Waals surface area (Å²) in [6.45, 7) is 10.3. The highest BCUT2D eigenvalue weighted by Gasteiger charge is 2.39. The number of esters is 2. The van der Waals surface area contributed by atoms with Crippen LogP contribution in [0.25, 0.3) is 22.4 Å². The van der Waals surface area contributed by atoms with Gasteiger partial charge in [0.2, 0.25) is 0 Å². The van der Waals surface area contributed by atoms with Crippen molar-refractivity contribution in [3.63, 3.8) is 0 Å². The Labute approximate surface area is 302 Å². The van der Waals surface area contributed by atoms with Crippen LogP contribution in [-0.4, -0.2) is 105 Å². The van der Waals surface area contributed by atoms with Gasteiger partial charge in [0.15, 0.2) is 24.8 Å². The lowest BCUT2D eigenvalue weighted by atomic mass is 10.1. The molecule has 2 aliphatic heterocycles. The number of imidazole rings is 1. The molecule has 0 unspecified atom stereocenters. The van der Waals surface area contributed by atoms with Crippen molar-refractivity contribution < 1.29 is 47.7 Å². The monoisotopic (exact) mass is 718 g/mol. The van der Waals surface area contributed by atoms with Crippen molar-refractivity contribution in [2.75, 3.05) is 26.3 Å². The molecular formula is C38H46N4O10. The third-order valence-electron chi connectivity index (χ3n) is 8.66. The van der Waals surface area contributed by atoms with Crippen LogP contribution < -0.4 is 0 Å². The SMILES string of the molecule is Cn1c(-c2ccc(C(=O)COC(=O)[C@@H]3CCCN3C(=O)OC(C)(C)C)cc2)nc2cc(C(=O)COC(=O)[C@@H]3CCCN3C(=O)OC(C)(C)C)ccc21. The van der Waals surface area contributed by atoms with E-state index in [9.17, 15) is 28.8 Å². The molecule has 3 heterocycles. The van der Waals surface area contributed by atoms with Gasteiger partial charge in [0.1, 0.15) is 29.1 Å². The molecule has 2 atom stereocenters. The molecule has 14 heteroatoms. The van der Waals surface area contributed by atoms with Gasteiger partial charge in [-0.1, -0.05) is 24.3 Å². The number of rotatable bonds is 9. The van der Waals surface area contributed by atoms with Crippen molar-refractivity contribution in [1.29, 1.82) is 0 Å². The largest absolute Gasteiger partial charge is 0.456 e. The van der Waals surface area contributed by atoms with Gasteiger partial charge in [-0.25, -0.2) is 24.2 Å². The van der Waals surface area contributed by atoms with Crippen LogP contribution in [0.5, 0.6) is 0 Å². The quantitative estimate of drug-likeness (QED) is 0.156. The molecule has 0 saturated carbocycles. The lowest BCUT2D eigenvalue weighted by molar-refractivity contribution is -0.148. The number of Topliss-reactive ketones (excluding diaryl/α,β-unsaturated/α-hetero) is 2. The number of nitrogens with zero attached hydrogens (tertiary/aromatic N) is 4. The first kappa shape index (κ1) is 38.0. The summed E-state index contributed by atoms with van der Waals surface area (Å²) in [6.07, 6.45) is 0.922. The van der Waals surface area contributed by atoms with Crippen LogP contribution in [-0.2, 0) is 35.6 Å². The first-order valence-corrected chi connectivity index (χ1v) is 17.4.